The Kier molecular flexibility index (Phi) is 3.60. The van der Waals surface area contributed by atoms with E-state index >= 15 is 0 Å². The summed E-state index contributed by atoms with van der Waals surface area (Å²) >= 11 is 0. The Balaban J connectivity index is 1.89. The summed E-state index contributed by atoms with van der Waals surface area (Å²) in [5.41, 5.74) is 3.45. The topological polar surface area (TPSA) is 54.4 Å². The third-order valence-electron chi connectivity index (χ3n) is 3.32. The number of aryl methyl sites for hydroxylation is 1. The molecule has 3 rings (SSSR count). The van der Waals surface area contributed by atoms with E-state index < -0.39 is 0 Å². The van der Waals surface area contributed by atoms with Crippen molar-refractivity contribution in [2.45, 2.75) is 13.3 Å². The Labute approximate surface area is 123 Å². The number of nitrogens with zero attached hydrogens (tertiary/aromatic N) is 2. The minimum absolute atomic E-state index is 0.187. The SMILES string of the molecule is CCc1ccc(/C=C2/N=C(c3cccnc3)NC2=O)cc1. The summed E-state index contributed by atoms with van der Waals surface area (Å²) in [6, 6.07) is 11.8. The Morgan fingerprint density at radius 2 is 2.00 bits per heavy atom. The second-order valence-corrected chi connectivity index (χ2v) is 4.78. The first-order chi connectivity index (χ1) is 10.3. The summed E-state index contributed by atoms with van der Waals surface area (Å²) in [4.78, 5) is 20.4. The average Bonchev–Trinajstić information content (AvgIpc) is 2.90. The number of carbonyl (C=O) groups is 1. The number of amidine groups is 1. The van der Waals surface area contributed by atoms with Gasteiger partial charge in [0.1, 0.15) is 11.5 Å². The minimum Gasteiger partial charge on any atom is -0.305 e. The van der Waals surface area contributed by atoms with E-state index in [0.717, 1.165) is 17.5 Å². The van der Waals surface area contributed by atoms with E-state index in [0.29, 0.717) is 11.5 Å². The van der Waals surface area contributed by atoms with Gasteiger partial charge in [0.05, 0.1) is 0 Å². The highest BCUT2D eigenvalue weighted by molar-refractivity contribution is 6.19. The number of amides is 1. The van der Waals surface area contributed by atoms with Crippen LogP contribution < -0.4 is 5.32 Å². The molecule has 4 heteroatoms. The number of hydrogen-bond acceptors (Lipinski definition) is 3. The summed E-state index contributed by atoms with van der Waals surface area (Å²) in [7, 11) is 0. The quantitative estimate of drug-likeness (QED) is 0.877. The fourth-order valence-corrected chi connectivity index (χ4v) is 2.12. The molecule has 1 amide bonds. The highest BCUT2D eigenvalue weighted by Gasteiger charge is 2.20. The van der Waals surface area contributed by atoms with E-state index in [4.69, 9.17) is 0 Å². The molecule has 104 valence electrons. The zero-order valence-electron chi connectivity index (χ0n) is 11.7. The van der Waals surface area contributed by atoms with E-state index in [9.17, 15) is 4.79 Å². The molecule has 1 aromatic heterocycles. The molecule has 21 heavy (non-hydrogen) atoms. The van der Waals surface area contributed by atoms with E-state index in [1.807, 2.05) is 24.3 Å². The molecule has 0 radical (unpaired) electrons. The van der Waals surface area contributed by atoms with Gasteiger partial charge in [-0.15, -0.1) is 0 Å². The largest absolute Gasteiger partial charge is 0.305 e. The number of pyridine rings is 1. The van der Waals surface area contributed by atoms with Crippen molar-refractivity contribution in [3.8, 4) is 0 Å². The van der Waals surface area contributed by atoms with Crippen LogP contribution in [0.5, 0.6) is 0 Å². The van der Waals surface area contributed by atoms with Gasteiger partial charge < -0.3 is 5.32 Å². The molecule has 0 fully saturated rings. The van der Waals surface area contributed by atoms with Gasteiger partial charge in [-0.1, -0.05) is 31.2 Å². The Morgan fingerprint density at radius 1 is 1.19 bits per heavy atom. The maximum absolute atomic E-state index is 12.0. The van der Waals surface area contributed by atoms with Crippen LogP contribution >= 0.6 is 0 Å². The van der Waals surface area contributed by atoms with E-state index in [1.54, 1.807) is 18.5 Å². The van der Waals surface area contributed by atoms with E-state index in [1.165, 1.54) is 5.56 Å². The van der Waals surface area contributed by atoms with Gasteiger partial charge in [0.15, 0.2) is 0 Å². The van der Waals surface area contributed by atoms with Crippen LogP contribution in [0.4, 0.5) is 0 Å². The lowest BCUT2D eigenvalue weighted by Crippen LogP contribution is -2.24. The summed E-state index contributed by atoms with van der Waals surface area (Å²) in [6.07, 6.45) is 6.16. The van der Waals surface area contributed by atoms with Gasteiger partial charge in [0, 0.05) is 18.0 Å². The molecule has 0 atom stereocenters. The molecule has 1 N–H and O–H groups in total. The molecular weight excluding hydrogens is 262 g/mol. The summed E-state index contributed by atoms with van der Waals surface area (Å²) in [6.45, 7) is 2.11. The van der Waals surface area contributed by atoms with Gasteiger partial charge in [-0.25, -0.2) is 4.99 Å². The first kappa shape index (κ1) is 13.2. The summed E-state index contributed by atoms with van der Waals surface area (Å²) in [5, 5.41) is 2.77. The number of aliphatic imine (C=N–C) groups is 1. The zero-order valence-corrected chi connectivity index (χ0v) is 11.7. The summed E-state index contributed by atoms with van der Waals surface area (Å²) < 4.78 is 0. The summed E-state index contributed by atoms with van der Waals surface area (Å²) in [5.74, 6) is 0.359. The predicted octanol–water partition coefficient (Wildman–Crippen LogP) is 2.56. The lowest BCUT2D eigenvalue weighted by Gasteiger charge is -1.98. The van der Waals surface area contributed by atoms with Crippen molar-refractivity contribution in [1.29, 1.82) is 0 Å². The zero-order chi connectivity index (χ0) is 14.7. The molecule has 2 heterocycles. The molecule has 0 unspecified atom stereocenters. The van der Waals surface area contributed by atoms with Gasteiger partial charge in [0.2, 0.25) is 0 Å². The number of carbonyl (C=O) groups excluding carboxylic acids is 1. The molecule has 0 saturated heterocycles. The number of benzene rings is 1. The molecule has 0 aliphatic carbocycles. The van der Waals surface area contributed by atoms with Crippen molar-refractivity contribution in [2.24, 2.45) is 4.99 Å². The monoisotopic (exact) mass is 277 g/mol. The van der Waals surface area contributed by atoms with Gasteiger partial charge in [0.25, 0.3) is 5.91 Å². The first-order valence-electron chi connectivity index (χ1n) is 6.87. The smallest absolute Gasteiger partial charge is 0.275 e. The molecule has 4 nitrogen and oxygen atoms in total. The van der Waals surface area contributed by atoms with Crippen molar-refractivity contribution < 1.29 is 4.79 Å². The van der Waals surface area contributed by atoms with Crippen molar-refractivity contribution in [3.63, 3.8) is 0 Å². The fraction of sp³-hybridized carbons (Fsp3) is 0.118. The second-order valence-electron chi connectivity index (χ2n) is 4.78. The van der Waals surface area contributed by atoms with Crippen LogP contribution in [0.1, 0.15) is 23.6 Å². The van der Waals surface area contributed by atoms with Crippen molar-refractivity contribution in [1.82, 2.24) is 10.3 Å². The fourth-order valence-electron chi connectivity index (χ4n) is 2.12. The molecule has 1 aliphatic rings. The second kappa shape index (κ2) is 5.71. The van der Waals surface area contributed by atoms with Gasteiger partial charge in [-0.3, -0.25) is 9.78 Å². The number of hydrogen-bond donors (Lipinski definition) is 1. The molecular formula is C17H15N3O. The number of nitrogens with one attached hydrogen (secondary N) is 1. The third-order valence-corrected chi connectivity index (χ3v) is 3.32. The van der Waals surface area contributed by atoms with Crippen LogP contribution in [0.25, 0.3) is 6.08 Å². The third kappa shape index (κ3) is 2.89. The minimum atomic E-state index is -0.187. The predicted molar refractivity (Wildman–Crippen MR) is 82.7 cm³/mol. The van der Waals surface area contributed by atoms with E-state index in [-0.39, 0.29) is 5.91 Å². The van der Waals surface area contributed by atoms with Crippen LogP contribution in [0.3, 0.4) is 0 Å². The Morgan fingerprint density at radius 3 is 2.67 bits per heavy atom. The Hall–Kier alpha value is -2.75. The average molecular weight is 277 g/mol. The Bertz CT molecular complexity index is 715. The molecule has 2 aromatic rings. The van der Waals surface area contributed by atoms with Gasteiger partial charge >= 0.3 is 0 Å². The highest BCUT2D eigenvalue weighted by Crippen LogP contribution is 2.15. The molecule has 1 aromatic carbocycles. The van der Waals surface area contributed by atoms with Crippen molar-refractivity contribution >= 4 is 17.8 Å². The van der Waals surface area contributed by atoms with Gasteiger partial charge in [-0.05, 0) is 35.8 Å². The van der Waals surface area contributed by atoms with Crippen molar-refractivity contribution in [3.05, 3.63) is 71.2 Å². The van der Waals surface area contributed by atoms with E-state index in [2.05, 4.69) is 34.3 Å². The molecule has 0 saturated carbocycles. The maximum atomic E-state index is 12.0. The van der Waals surface area contributed by atoms with Crippen LogP contribution in [0.2, 0.25) is 0 Å². The number of aromatic nitrogens is 1. The molecule has 1 aliphatic heterocycles. The first-order valence-corrected chi connectivity index (χ1v) is 6.87. The van der Waals surface area contributed by atoms with Crippen LogP contribution in [-0.4, -0.2) is 16.7 Å². The maximum Gasteiger partial charge on any atom is 0.275 e. The van der Waals surface area contributed by atoms with Crippen LogP contribution in [-0.2, 0) is 11.2 Å². The lowest BCUT2D eigenvalue weighted by molar-refractivity contribution is -0.115. The molecule has 0 bridgehead atoms. The standard InChI is InChI=1S/C17H15N3O/c1-2-12-5-7-13(8-6-12)10-15-17(21)20-16(19-15)14-4-3-9-18-11-14/h3-11H,2H2,1H3,(H,19,20,21)/b15-10+. The van der Waals surface area contributed by atoms with Crippen molar-refractivity contribution in [2.75, 3.05) is 0 Å². The normalized spacial score (nSPS) is 16.0. The molecule has 0 spiro atoms. The lowest BCUT2D eigenvalue weighted by atomic mass is 10.1. The van der Waals surface area contributed by atoms with Crippen LogP contribution in [0, 0.1) is 0 Å². The highest BCUT2D eigenvalue weighted by atomic mass is 16.2. The van der Waals surface area contributed by atoms with Crippen LogP contribution in [0.15, 0.2) is 59.5 Å². The number of rotatable bonds is 3. The van der Waals surface area contributed by atoms with Gasteiger partial charge in [-0.2, -0.15) is 0 Å².